The smallest absolute Gasteiger partial charge is 0.323 e. The third-order valence-electron chi connectivity index (χ3n) is 7.12. The number of rotatable bonds is 8. The summed E-state index contributed by atoms with van der Waals surface area (Å²) in [6.45, 7) is 13.4. The maximum Gasteiger partial charge on any atom is 0.323 e. The average molecular weight is 466 g/mol. The molecule has 7 heteroatoms. The minimum absolute atomic E-state index is 0.0349. The first-order valence-electron chi connectivity index (χ1n) is 11.2. The maximum absolute atomic E-state index is 12.8. The van der Waals surface area contributed by atoms with Crippen LogP contribution < -0.4 is 0 Å². The van der Waals surface area contributed by atoms with Crippen molar-refractivity contribution in [3.8, 4) is 6.07 Å². The highest BCUT2D eigenvalue weighted by Crippen LogP contribution is 2.50. The van der Waals surface area contributed by atoms with E-state index in [4.69, 9.17) is 20.8 Å². The number of alkyl halides is 1. The second kappa shape index (κ2) is 9.91. The monoisotopic (exact) mass is 465 g/mol. The van der Waals surface area contributed by atoms with Gasteiger partial charge in [0.15, 0.2) is 5.78 Å². The number of ether oxygens (including phenoxy) is 1. The van der Waals surface area contributed by atoms with Crippen LogP contribution >= 0.6 is 11.6 Å². The van der Waals surface area contributed by atoms with Crippen LogP contribution in [0.2, 0.25) is 16.6 Å². The van der Waals surface area contributed by atoms with Gasteiger partial charge in [0.05, 0.1) is 24.4 Å². The Morgan fingerprint density at radius 3 is 2.23 bits per heavy atom. The molecule has 0 bridgehead atoms. The Morgan fingerprint density at radius 2 is 1.74 bits per heavy atom. The zero-order valence-corrected chi connectivity index (χ0v) is 21.6. The minimum atomic E-state index is -2.20. The number of hydrogen-bond donors (Lipinski definition) is 0. The Balaban J connectivity index is 2.49. The van der Waals surface area contributed by atoms with Crippen LogP contribution in [0.15, 0.2) is 23.0 Å². The van der Waals surface area contributed by atoms with Crippen molar-refractivity contribution in [2.24, 2.45) is 5.41 Å². The Morgan fingerprint density at radius 1 is 1.16 bits per heavy atom. The molecule has 0 spiro atoms. The molecule has 2 atom stereocenters. The zero-order chi connectivity index (χ0) is 23.6. The molecule has 2 rings (SSSR count). The number of allylic oxidation sites excluding steroid dienone is 4. The average Bonchev–Trinajstić information content (AvgIpc) is 2.99. The molecule has 0 saturated heterocycles. The van der Waals surface area contributed by atoms with E-state index in [1.54, 1.807) is 0 Å². The highest BCUT2D eigenvalue weighted by molar-refractivity contribution is 6.77. The van der Waals surface area contributed by atoms with E-state index in [2.05, 4.69) is 47.6 Å². The fraction of sp³-hybridized carbons (Fsp3) is 0.708. The van der Waals surface area contributed by atoms with E-state index in [0.29, 0.717) is 47.9 Å². The lowest BCUT2D eigenvalue weighted by Crippen LogP contribution is -2.47. The van der Waals surface area contributed by atoms with Crippen LogP contribution in [0, 0.1) is 16.7 Å². The number of carbonyl (C=O) groups is 2. The first kappa shape index (κ1) is 25.7. The highest BCUT2D eigenvalue weighted by atomic mass is 35.5. The molecule has 0 N–H and O–H groups in total. The number of esters is 1. The quantitative estimate of drug-likeness (QED) is 0.242. The summed E-state index contributed by atoms with van der Waals surface area (Å²) in [7, 11) is -0.914. The molecule has 5 nitrogen and oxygen atoms in total. The van der Waals surface area contributed by atoms with Crippen LogP contribution in [0.25, 0.3) is 0 Å². The van der Waals surface area contributed by atoms with Gasteiger partial charge < -0.3 is 9.16 Å². The van der Waals surface area contributed by atoms with E-state index in [-0.39, 0.29) is 12.2 Å². The topological polar surface area (TPSA) is 76.4 Å². The Bertz CT molecular complexity index is 802. The van der Waals surface area contributed by atoms with Gasteiger partial charge in [0, 0.05) is 18.4 Å². The molecule has 2 aliphatic carbocycles. The fourth-order valence-electron chi connectivity index (χ4n) is 5.63. The van der Waals surface area contributed by atoms with Crippen LogP contribution in [0.4, 0.5) is 0 Å². The van der Waals surface area contributed by atoms with Gasteiger partial charge in [-0.3, -0.25) is 9.59 Å². The van der Waals surface area contributed by atoms with Crippen LogP contribution in [-0.2, 0) is 18.8 Å². The molecular formula is C24H36ClNO4Si. The molecule has 0 aromatic carbocycles. The predicted octanol–water partition coefficient (Wildman–Crippen LogP) is 6.20. The van der Waals surface area contributed by atoms with Crippen molar-refractivity contribution in [3.63, 3.8) is 0 Å². The molecule has 0 radical (unpaired) electrons. The molecule has 172 valence electrons. The molecule has 0 amide bonds. The summed E-state index contributed by atoms with van der Waals surface area (Å²) in [5.74, 6) is 0.279. The maximum atomic E-state index is 12.8. The highest BCUT2D eigenvalue weighted by Gasteiger charge is 2.49. The number of ketones is 1. The van der Waals surface area contributed by atoms with Crippen molar-refractivity contribution >= 4 is 31.7 Å². The van der Waals surface area contributed by atoms with Crippen molar-refractivity contribution in [2.45, 2.75) is 95.6 Å². The molecule has 0 aromatic rings. The van der Waals surface area contributed by atoms with Gasteiger partial charge in [0.1, 0.15) is 5.38 Å². The molecule has 31 heavy (non-hydrogen) atoms. The summed E-state index contributed by atoms with van der Waals surface area (Å²) < 4.78 is 11.7. The SMILES string of the molecule is COC(=O)C(Cl)CC1(C#N)CCC(O[Si](C(C)C)(C(C)C)C(C)C)=CC2=C1CCC2=O. The fourth-order valence-corrected chi connectivity index (χ4v) is 11.3. The van der Waals surface area contributed by atoms with Gasteiger partial charge in [-0.1, -0.05) is 41.5 Å². The number of halogens is 1. The van der Waals surface area contributed by atoms with Crippen molar-refractivity contribution in [3.05, 3.63) is 23.0 Å². The van der Waals surface area contributed by atoms with Gasteiger partial charge >= 0.3 is 5.97 Å². The summed E-state index contributed by atoms with van der Waals surface area (Å²) in [5, 5.41) is 9.29. The molecule has 0 aliphatic heterocycles. The van der Waals surface area contributed by atoms with E-state index < -0.39 is 25.1 Å². The van der Waals surface area contributed by atoms with Gasteiger partial charge in [0.25, 0.3) is 8.32 Å². The molecule has 0 saturated carbocycles. The Hall–Kier alpha value is -1.58. The normalized spacial score (nSPS) is 22.9. The van der Waals surface area contributed by atoms with E-state index in [0.717, 1.165) is 11.3 Å². The number of carbonyl (C=O) groups excluding carboxylic acids is 2. The van der Waals surface area contributed by atoms with E-state index >= 15 is 0 Å². The number of nitrogens with zero attached hydrogens (tertiary/aromatic N) is 1. The van der Waals surface area contributed by atoms with Gasteiger partial charge in [-0.25, -0.2) is 0 Å². The number of methoxy groups -OCH3 is 1. The van der Waals surface area contributed by atoms with Gasteiger partial charge in [-0.15, -0.1) is 11.6 Å². The van der Waals surface area contributed by atoms with Crippen LogP contribution in [-0.4, -0.2) is 32.6 Å². The summed E-state index contributed by atoms with van der Waals surface area (Å²) in [6.07, 6.45) is 3.94. The third kappa shape index (κ3) is 4.78. The third-order valence-corrected chi connectivity index (χ3v) is 13.5. The van der Waals surface area contributed by atoms with Gasteiger partial charge in [-0.05, 0) is 47.5 Å². The Labute approximate surface area is 192 Å². The Kier molecular flexibility index (Phi) is 8.21. The van der Waals surface area contributed by atoms with Crippen LogP contribution in [0.1, 0.15) is 73.6 Å². The standard InChI is InChI=1S/C24H36ClNO4Si/c1-15(2)31(16(3)4,17(5)6)30-18-10-11-24(14-26,13-21(25)23(28)29-7)20-8-9-22(27)19(20)12-18/h12,15-17,21H,8-11,13H2,1-7H3. The first-order valence-corrected chi connectivity index (χ1v) is 13.8. The number of hydrogen-bond acceptors (Lipinski definition) is 5. The van der Waals surface area contributed by atoms with Crippen molar-refractivity contribution in [1.29, 1.82) is 5.26 Å². The predicted molar refractivity (Wildman–Crippen MR) is 125 cm³/mol. The molecule has 0 heterocycles. The zero-order valence-electron chi connectivity index (χ0n) is 19.9. The molecule has 2 unspecified atom stereocenters. The van der Waals surface area contributed by atoms with Crippen LogP contribution in [0.5, 0.6) is 0 Å². The summed E-state index contributed by atoms with van der Waals surface area (Å²) >= 11 is 6.31. The first-order chi connectivity index (χ1) is 14.4. The molecule has 0 fully saturated rings. The van der Waals surface area contributed by atoms with E-state index in [9.17, 15) is 14.9 Å². The number of Topliss-reactive ketones (excluding diaryl/α,β-unsaturated/α-hetero) is 1. The van der Waals surface area contributed by atoms with Crippen LogP contribution in [0.3, 0.4) is 0 Å². The largest absolute Gasteiger partial charge is 0.546 e. The second-order valence-electron chi connectivity index (χ2n) is 9.73. The number of nitriles is 1. The molecular weight excluding hydrogens is 430 g/mol. The minimum Gasteiger partial charge on any atom is -0.546 e. The summed E-state index contributed by atoms with van der Waals surface area (Å²) in [6, 6.07) is 2.43. The lowest BCUT2D eigenvalue weighted by Gasteiger charge is -2.43. The lowest BCUT2D eigenvalue weighted by atomic mass is 9.73. The van der Waals surface area contributed by atoms with Gasteiger partial charge in [0.2, 0.25) is 0 Å². The van der Waals surface area contributed by atoms with Crippen molar-refractivity contribution < 1.29 is 18.8 Å². The summed E-state index contributed by atoms with van der Waals surface area (Å²) in [5.41, 5.74) is 1.62. The molecule has 2 aliphatic rings. The lowest BCUT2D eigenvalue weighted by molar-refractivity contribution is -0.140. The van der Waals surface area contributed by atoms with E-state index in [1.165, 1.54) is 7.11 Å². The van der Waals surface area contributed by atoms with Crippen molar-refractivity contribution in [2.75, 3.05) is 7.11 Å². The van der Waals surface area contributed by atoms with Crippen molar-refractivity contribution in [1.82, 2.24) is 0 Å². The van der Waals surface area contributed by atoms with E-state index in [1.807, 2.05) is 6.08 Å². The summed E-state index contributed by atoms with van der Waals surface area (Å²) in [4.78, 5) is 24.8. The second-order valence-corrected chi connectivity index (χ2v) is 15.6. The van der Waals surface area contributed by atoms with Gasteiger partial charge in [-0.2, -0.15) is 5.26 Å². The molecule has 0 aromatic heterocycles.